The first-order valence-electron chi connectivity index (χ1n) is 3.32. The molecule has 0 aliphatic carbocycles. The number of rotatable bonds is 0. The number of pyridine rings is 1. The maximum atomic E-state index is 5.80. The fourth-order valence-electron chi connectivity index (χ4n) is 1.07. The van der Waals surface area contributed by atoms with E-state index in [4.69, 9.17) is 11.6 Å². The summed E-state index contributed by atoms with van der Waals surface area (Å²) in [5.74, 6) is 0. The van der Waals surface area contributed by atoms with Crippen LogP contribution in [0.15, 0.2) is 12.3 Å². The van der Waals surface area contributed by atoms with Gasteiger partial charge in [-0.25, -0.2) is 9.67 Å². The van der Waals surface area contributed by atoms with E-state index >= 15 is 0 Å². The number of hydrogen-bond acceptors (Lipinski definition) is 2. The van der Waals surface area contributed by atoms with Crippen molar-refractivity contribution in [2.24, 2.45) is 7.05 Å². The summed E-state index contributed by atoms with van der Waals surface area (Å²) in [4.78, 5) is 4.16. The van der Waals surface area contributed by atoms with Crippen LogP contribution in [0, 0.1) is 3.70 Å². The lowest BCUT2D eigenvalue weighted by Gasteiger charge is -1.91. The molecule has 0 unspecified atom stereocenters. The largest absolute Gasteiger partial charge is 0.249 e. The molecule has 0 aliphatic heterocycles. The van der Waals surface area contributed by atoms with Crippen LogP contribution in [0.5, 0.6) is 0 Å². The third-order valence-corrected chi connectivity index (χ3v) is 2.60. The number of hydrogen-bond donors (Lipinski definition) is 0. The molecular formula is C7H5ClIN3. The Labute approximate surface area is 87.9 Å². The van der Waals surface area contributed by atoms with Gasteiger partial charge in [0.1, 0.15) is 3.70 Å². The quantitative estimate of drug-likeness (QED) is 0.697. The fourth-order valence-corrected chi connectivity index (χ4v) is 1.95. The fraction of sp³-hybridized carbons (Fsp3) is 0.143. The lowest BCUT2D eigenvalue weighted by Crippen LogP contribution is -1.90. The highest BCUT2D eigenvalue weighted by Gasteiger charge is 2.06. The minimum atomic E-state index is 0.647. The summed E-state index contributed by atoms with van der Waals surface area (Å²) in [6.45, 7) is 0. The van der Waals surface area contributed by atoms with Gasteiger partial charge in [-0.2, -0.15) is 5.10 Å². The van der Waals surface area contributed by atoms with Crippen molar-refractivity contribution >= 4 is 45.2 Å². The molecule has 0 saturated carbocycles. The average Bonchev–Trinajstić information content (AvgIpc) is 2.28. The van der Waals surface area contributed by atoms with Crippen molar-refractivity contribution in [2.45, 2.75) is 0 Å². The van der Waals surface area contributed by atoms with Crippen LogP contribution in [0.3, 0.4) is 0 Å². The Kier molecular flexibility index (Phi) is 1.96. The molecule has 3 nitrogen and oxygen atoms in total. The molecule has 0 aromatic carbocycles. The van der Waals surface area contributed by atoms with E-state index in [0.29, 0.717) is 5.02 Å². The maximum Gasteiger partial charge on any atom is 0.158 e. The summed E-state index contributed by atoms with van der Waals surface area (Å²) in [6, 6.07) is 1.87. The molecule has 2 aromatic heterocycles. The Morgan fingerprint density at radius 3 is 3.08 bits per heavy atom. The molecule has 5 heteroatoms. The van der Waals surface area contributed by atoms with Crippen LogP contribution in [0.4, 0.5) is 0 Å². The molecule has 0 N–H and O–H groups in total. The van der Waals surface area contributed by atoms with E-state index in [9.17, 15) is 0 Å². The van der Waals surface area contributed by atoms with Crippen molar-refractivity contribution in [1.29, 1.82) is 0 Å². The molecule has 0 bridgehead atoms. The molecule has 2 rings (SSSR count). The van der Waals surface area contributed by atoms with Gasteiger partial charge in [0.2, 0.25) is 0 Å². The van der Waals surface area contributed by atoms with E-state index in [-0.39, 0.29) is 0 Å². The smallest absolute Gasteiger partial charge is 0.158 e. The summed E-state index contributed by atoms with van der Waals surface area (Å²) in [5, 5.41) is 5.87. The van der Waals surface area contributed by atoms with Gasteiger partial charge in [0.25, 0.3) is 0 Å². The zero-order chi connectivity index (χ0) is 8.72. The van der Waals surface area contributed by atoms with Crippen LogP contribution < -0.4 is 0 Å². The van der Waals surface area contributed by atoms with Crippen LogP contribution >= 0.6 is 34.2 Å². The first-order valence-corrected chi connectivity index (χ1v) is 4.78. The van der Waals surface area contributed by atoms with Crippen molar-refractivity contribution in [3.63, 3.8) is 0 Å². The van der Waals surface area contributed by atoms with Crippen molar-refractivity contribution in [1.82, 2.24) is 14.8 Å². The van der Waals surface area contributed by atoms with Crippen LogP contribution in [0.25, 0.3) is 11.0 Å². The monoisotopic (exact) mass is 293 g/mol. The third-order valence-electron chi connectivity index (χ3n) is 1.60. The second-order valence-electron chi connectivity index (χ2n) is 2.44. The molecule has 62 valence electrons. The second-order valence-corrected chi connectivity index (χ2v) is 3.90. The first kappa shape index (κ1) is 8.25. The maximum absolute atomic E-state index is 5.80. The first-order chi connectivity index (χ1) is 5.68. The van der Waals surface area contributed by atoms with Crippen molar-refractivity contribution < 1.29 is 0 Å². The highest BCUT2D eigenvalue weighted by atomic mass is 127. The Morgan fingerprint density at radius 2 is 2.33 bits per heavy atom. The summed E-state index contributed by atoms with van der Waals surface area (Å²) < 4.78 is 2.67. The molecule has 0 radical (unpaired) electrons. The molecule has 0 atom stereocenters. The Bertz CT molecular complexity index is 437. The van der Waals surface area contributed by atoms with E-state index in [0.717, 1.165) is 14.7 Å². The van der Waals surface area contributed by atoms with Gasteiger partial charge < -0.3 is 0 Å². The SMILES string of the molecule is Cn1nc(I)c2cc(Cl)cnc21. The van der Waals surface area contributed by atoms with Crippen molar-refractivity contribution in [3.8, 4) is 0 Å². The van der Waals surface area contributed by atoms with Crippen LogP contribution in [0.2, 0.25) is 5.02 Å². The number of aromatic nitrogens is 3. The van der Waals surface area contributed by atoms with Gasteiger partial charge in [0.15, 0.2) is 5.65 Å². The highest BCUT2D eigenvalue weighted by molar-refractivity contribution is 14.1. The molecule has 0 amide bonds. The van der Waals surface area contributed by atoms with Crippen LogP contribution in [-0.2, 0) is 7.05 Å². The van der Waals surface area contributed by atoms with Crippen molar-refractivity contribution in [3.05, 3.63) is 21.0 Å². The summed E-state index contributed by atoms with van der Waals surface area (Å²) in [7, 11) is 1.87. The van der Waals surface area contributed by atoms with Gasteiger partial charge in [0, 0.05) is 13.2 Å². The average molecular weight is 293 g/mol. The van der Waals surface area contributed by atoms with E-state index in [1.807, 2.05) is 13.1 Å². The van der Waals surface area contributed by atoms with Crippen LogP contribution in [-0.4, -0.2) is 14.8 Å². The summed E-state index contributed by atoms with van der Waals surface area (Å²) >= 11 is 7.96. The van der Waals surface area contributed by atoms with Gasteiger partial charge >= 0.3 is 0 Å². The minimum Gasteiger partial charge on any atom is -0.249 e. The molecule has 2 heterocycles. The molecule has 0 spiro atoms. The molecular weight excluding hydrogens is 288 g/mol. The molecule has 0 fully saturated rings. The van der Waals surface area contributed by atoms with E-state index in [2.05, 4.69) is 32.7 Å². The van der Waals surface area contributed by atoms with E-state index < -0.39 is 0 Å². The number of aryl methyl sites for hydroxylation is 1. The predicted molar refractivity (Wildman–Crippen MR) is 56.2 cm³/mol. The molecule has 0 aliphatic rings. The lowest BCUT2D eigenvalue weighted by atomic mass is 10.4. The zero-order valence-corrected chi connectivity index (χ0v) is 9.17. The van der Waals surface area contributed by atoms with E-state index in [1.54, 1.807) is 10.9 Å². The van der Waals surface area contributed by atoms with Crippen LogP contribution in [0.1, 0.15) is 0 Å². The second kappa shape index (κ2) is 2.85. The standard InChI is InChI=1S/C7H5ClIN3/c1-12-7-5(6(9)11-12)2-4(8)3-10-7/h2-3H,1H3. The normalized spacial score (nSPS) is 10.9. The molecule has 12 heavy (non-hydrogen) atoms. The molecule has 2 aromatic rings. The predicted octanol–water partition coefficient (Wildman–Crippen LogP) is 2.23. The Morgan fingerprint density at radius 1 is 1.58 bits per heavy atom. The topological polar surface area (TPSA) is 30.7 Å². The van der Waals surface area contributed by atoms with E-state index in [1.165, 1.54) is 0 Å². The third kappa shape index (κ3) is 1.19. The summed E-state index contributed by atoms with van der Waals surface area (Å²) in [6.07, 6.45) is 1.63. The number of nitrogens with zero attached hydrogens (tertiary/aromatic N) is 3. The van der Waals surface area contributed by atoms with Crippen molar-refractivity contribution in [2.75, 3.05) is 0 Å². The highest BCUT2D eigenvalue weighted by Crippen LogP contribution is 2.20. The van der Waals surface area contributed by atoms with Gasteiger partial charge in [-0.3, -0.25) is 0 Å². The Hall–Kier alpha value is -0.360. The summed E-state index contributed by atoms with van der Waals surface area (Å²) in [5.41, 5.74) is 0.865. The molecule has 0 saturated heterocycles. The zero-order valence-electron chi connectivity index (χ0n) is 6.25. The minimum absolute atomic E-state index is 0.647. The van der Waals surface area contributed by atoms with Gasteiger partial charge in [-0.1, -0.05) is 11.6 Å². The van der Waals surface area contributed by atoms with Gasteiger partial charge in [-0.15, -0.1) is 0 Å². The lowest BCUT2D eigenvalue weighted by molar-refractivity contribution is 0.777. The number of fused-ring (bicyclic) bond motifs is 1. The number of halogens is 2. The van der Waals surface area contributed by atoms with Gasteiger partial charge in [0.05, 0.1) is 10.4 Å². The Balaban J connectivity index is 2.90. The van der Waals surface area contributed by atoms with Gasteiger partial charge in [-0.05, 0) is 28.7 Å².